The molecule has 2 aromatic rings. The van der Waals surface area contributed by atoms with Crippen LogP contribution in [-0.2, 0) is 6.54 Å². The normalized spacial score (nSPS) is 11.4. The molecule has 0 aliphatic rings. The van der Waals surface area contributed by atoms with E-state index in [1.807, 2.05) is 0 Å². The number of rotatable bonds is 7. The fraction of sp³-hybridized carbons (Fsp3) is 0.250. The van der Waals surface area contributed by atoms with Crippen LogP contribution in [-0.4, -0.2) is 38.7 Å². The van der Waals surface area contributed by atoms with Crippen LogP contribution < -0.4 is 4.74 Å². The summed E-state index contributed by atoms with van der Waals surface area (Å²) in [6, 6.07) is 5.53. The Kier molecular flexibility index (Phi) is 4.73. The third kappa shape index (κ3) is 4.22. The van der Waals surface area contributed by atoms with Crippen LogP contribution in [0.1, 0.15) is 10.4 Å². The lowest BCUT2D eigenvalue weighted by atomic mass is 10.2. The number of ether oxygens (including phenoxy) is 1. The maximum Gasteiger partial charge on any atom is 0.335 e. The van der Waals surface area contributed by atoms with Gasteiger partial charge in [-0.1, -0.05) is 10.3 Å². The standard InChI is InChI=1S/C12H12N6O3/c13-16-15-10(7-18-6-5-14-17-18)8-21-11-3-1-9(2-4-11)12(19)20/h1-6,10H,7-8H2,(H,19,20). The van der Waals surface area contributed by atoms with Crippen LogP contribution in [0.25, 0.3) is 10.4 Å². The molecule has 0 fully saturated rings. The molecule has 0 spiro atoms. The molecule has 1 heterocycles. The van der Waals surface area contributed by atoms with E-state index in [1.54, 1.807) is 18.3 Å². The molecule has 0 bridgehead atoms. The number of hydrogen-bond acceptors (Lipinski definition) is 5. The molecule has 1 unspecified atom stereocenters. The van der Waals surface area contributed by atoms with Gasteiger partial charge in [0.2, 0.25) is 0 Å². The Balaban J connectivity index is 1.95. The predicted octanol–water partition coefficient (Wildman–Crippen LogP) is 1.73. The largest absolute Gasteiger partial charge is 0.493 e. The van der Waals surface area contributed by atoms with Crippen molar-refractivity contribution in [2.75, 3.05) is 6.61 Å². The molecule has 1 aromatic heterocycles. The van der Waals surface area contributed by atoms with Gasteiger partial charge in [0.1, 0.15) is 5.75 Å². The Morgan fingerprint density at radius 2 is 2.24 bits per heavy atom. The average molecular weight is 288 g/mol. The summed E-state index contributed by atoms with van der Waals surface area (Å²) in [5.74, 6) is -0.503. The van der Waals surface area contributed by atoms with Gasteiger partial charge in [-0.25, -0.2) is 4.79 Å². The lowest BCUT2D eigenvalue weighted by molar-refractivity contribution is 0.0697. The SMILES string of the molecule is [N-]=[N+]=NC(COc1ccc(C(=O)O)cc1)Cn1ccnn1. The second-order valence-electron chi connectivity index (χ2n) is 4.12. The van der Waals surface area contributed by atoms with Crippen molar-refractivity contribution in [3.8, 4) is 5.75 Å². The fourth-order valence-corrected chi connectivity index (χ4v) is 1.63. The van der Waals surface area contributed by atoms with Gasteiger partial charge in [-0.2, -0.15) is 0 Å². The minimum absolute atomic E-state index is 0.149. The third-order valence-electron chi connectivity index (χ3n) is 2.63. The zero-order valence-electron chi connectivity index (χ0n) is 10.9. The Labute approximate surface area is 119 Å². The lowest BCUT2D eigenvalue weighted by Gasteiger charge is -2.12. The molecule has 1 aromatic carbocycles. The first-order chi connectivity index (χ1) is 10.2. The van der Waals surface area contributed by atoms with Crippen LogP contribution in [0.15, 0.2) is 41.8 Å². The van der Waals surface area contributed by atoms with Gasteiger partial charge < -0.3 is 9.84 Å². The van der Waals surface area contributed by atoms with Crippen molar-refractivity contribution in [3.05, 3.63) is 52.7 Å². The van der Waals surface area contributed by atoms with Gasteiger partial charge in [-0.15, -0.1) is 5.10 Å². The summed E-state index contributed by atoms with van der Waals surface area (Å²) in [5, 5.41) is 19.9. The molecular formula is C12H12N6O3. The Bertz CT molecular complexity index is 634. The van der Waals surface area contributed by atoms with E-state index >= 15 is 0 Å². The van der Waals surface area contributed by atoms with Crippen LogP contribution in [0.4, 0.5) is 0 Å². The summed E-state index contributed by atoms with van der Waals surface area (Å²) in [6.07, 6.45) is 3.18. The van der Waals surface area contributed by atoms with Gasteiger partial charge in [-0.3, -0.25) is 4.68 Å². The zero-order chi connectivity index (χ0) is 15.1. The summed E-state index contributed by atoms with van der Waals surface area (Å²) < 4.78 is 7.02. The van der Waals surface area contributed by atoms with E-state index in [0.717, 1.165) is 0 Å². The molecule has 0 aliphatic carbocycles. The van der Waals surface area contributed by atoms with Crippen molar-refractivity contribution in [1.29, 1.82) is 0 Å². The maximum absolute atomic E-state index is 10.7. The molecule has 1 N–H and O–H groups in total. The van der Waals surface area contributed by atoms with Crippen LogP contribution in [0.2, 0.25) is 0 Å². The van der Waals surface area contributed by atoms with Gasteiger partial charge in [0.15, 0.2) is 0 Å². The topological polar surface area (TPSA) is 126 Å². The third-order valence-corrected chi connectivity index (χ3v) is 2.63. The number of aromatic carboxylic acids is 1. The highest BCUT2D eigenvalue weighted by atomic mass is 16.5. The number of carboxylic acid groups (broad SMARTS) is 1. The van der Waals surface area contributed by atoms with Crippen LogP contribution in [0, 0.1) is 0 Å². The number of carboxylic acids is 1. The molecule has 0 saturated heterocycles. The molecule has 0 amide bonds. The second-order valence-corrected chi connectivity index (χ2v) is 4.12. The van der Waals surface area contributed by atoms with Crippen molar-refractivity contribution >= 4 is 5.97 Å². The van der Waals surface area contributed by atoms with Gasteiger partial charge in [0, 0.05) is 11.1 Å². The molecule has 0 radical (unpaired) electrons. The lowest BCUT2D eigenvalue weighted by Crippen LogP contribution is -2.22. The molecular weight excluding hydrogens is 276 g/mol. The van der Waals surface area contributed by atoms with E-state index < -0.39 is 12.0 Å². The summed E-state index contributed by atoms with van der Waals surface area (Å²) in [7, 11) is 0. The van der Waals surface area contributed by atoms with E-state index in [4.69, 9.17) is 15.4 Å². The molecule has 0 saturated carbocycles. The van der Waals surface area contributed by atoms with Gasteiger partial charge in [-0.05, 0) is 29.8 Å². The van der Waals surface area contributed by atoms with E-state index in [0.29, 0.717) is 12.3 Å². The quantitative estimate of drug-likeness (QED) is 0.471. The van der Waals surface area contributed by atoms with Gasteiger partial charge >= 0.3 is 5.97 Å². The zero-order valence-corrected chi connectivity index (χ0v) is 10.9. The number of carbonyl (C=O) groups is 1. The number of aromatic nitrogens is 3. The number of benzene rings is 1. The molecule has 21 heavy (non-hydrogen) atoms. The van der Waals surface area contributed by atoms with Crippen LogP contribution in [0.3, 0.4) is 0 Å². The van der Waals surface area contributed by atoms with Crippen LogP contribution >= 0.6 is 0 Å². The monoisotopic (exact) mass is 288 g/mol. The average Bonchev–Trinajstić information content (AvgIpc) is 2.98. The van der Waals surface area contributed by atoms with Gasteiger partial charge in [0.25, 0.3) is 0 Å². The highest BCUT2D eigenvalue weighted by molar-refractivity contribution is 5.87. The second kappa shape index (κ2) is 6.92. The van der Waals surface area contributed by atoms with E-state index in [1.165, 1.54) is 23.0 Å². The minimum atomic E-state index is -1.00. The molecule has 0 aliphatic heterocycles. The highest BCUT2D eigenvalue weighted by Crippen LogP contribution is 2.13. The smallest absolute Gasteiger partial charge is 0.335 e. The molecule has 9 heteroatoms. The van der Waals surface area contributed by atoms with Crippen molar-refractivity contribution in [2.24, 2.45) is 5.11 Å². The molecule has 9 nitrogen and oxygen atoms in total. The first-order valence-corrected chi connectivity index (χ1v) is 6.03. The fourth-order valence-electron chi connectivity index (χ4n) is 1.63. The highest BCUT2D eigenvalue weighted by Gasteiger charge is 2.10. The predicted molar refractivity (Wildman–Crippen MR) is 71.9 cm³/mol. The summed E-state index contributed by atoms with van der Waals surface area (Å²) in [5.41, 5.74) is 8.73. The Hall–Kier alpha value is -3.06. The van der Waals surface area contributed by atoms with Gasteiger partial charge in [0.05, 0.1) is 31.0 Å². The maximum atomic E-state index is 10.7. The first kappa shape index (κ1) is 14.4. The number of hydrogen-bond donors (Lipinski definition) is 1. The van der Waals surface area contributed by atoms with E-state index in [2.05, 4.69) is 20.3 Å². The van der Waals surface area contributed by atoms with E-state index in [9.17, 15) is 4.79 Å². The number of azide groups is 1. The summed E-state index contributed by atoms with van der Waals surface area (Å²) in [6.45, 7) is 0.494. The van der Waals surface area contributed by atoms with Crippen LogP contribution in [0.5, 0.6) is 5.75 Å². The first-order valence-electron chi connectivity index (χ1n) is 6.03. The molecule has 1 atom stereocenters. The van der Waals surface area contributed by atoms with E-state index in [-0.39, 0.29) is 12.2 Å². The Morgan fingerprint density at radius 3 is 2.81 bits per heavy atom. The van der Waals surface area contributed by atoms with Crippen molar-refractivity contribution in [2.45, 2.75) is 12.6 Å². The molecule has 108 valence electrons. The Morgan fingerprint density at radius 1 is 1.48 bits per heavy atom. The van der Waals surface area contributed by atoms with Crippen molar-refractivity contribution in [3.63, 3.8) is 0 Å². The number of nitrogens with zero attached hydrogens (tertiary/aromatic N) is 6. The molecule has 2 rings (SSSR count). The van der Waals surface area contributed by atoms with Crippen molar-refractivity contribution in [1.82, 2.24) is 15.0 Å². The summed E-state index contributed by atoms with van der Waals surface area (Å²) in [4.78, 5) is 13.5. The minimum Gasteiger partial charge on any atom is -0.493 e. The summed E-state index contributed by atoms with van der Waals surface area (Å²) >= 11 is 0. The van der Waals surface area contributed by atoms with Crippen molar-refractivity contribution < 1.29 is 14.6 Å².